The first kappa shape index (κ1) is 23.1. The van der Waals surface area contributed by atoms with Crippen LogP contribution in [-0.2, 0) is 19.6 Å². The van der Waals surface area contributed by atoms with Gasteiger partial charge in [0.15, 0.2) is 0 Å². The van der Waals surface area contributed by atoms with E-state index in [0.717, 1.165) is 37.0 Å². The summed E-state index contributed by atoms with van der Waals surface area (Å²) >= 11 is 0. The van der Waals surface area contributed by atoms with Gasteiger partial charge in [0.05, 0.1) is 31.9 Å². The molecule has 0 radical (unpaired) electrons. The first-order valence-corrected chi connectivity index (χ1v) is 10.3. The van der Waals surface area contributed by atoms with E-state index in [9.17, 15) is 13.2 Å². The minimum absolute atomic E-state index is 0.206. The van der Waals surface area contributed by atoms with Gasteiger partial charge in [0, 0.05) is 18.4 Å². The molecule has 0 bridgehead atoms. The molecule has 0 aromatic rings. The number of ether oxygens (including phenoxy) is 1. The van der Waals surface area contributed by atoms with E-state index >= 15 is 0 Å². The molecule has 7 heteroatoms. The first-order valence-electron chi connectivity index (χ1n) is 8.72. The fourth-order valence-corrected chi connectivity index (χ4v) is 3.49. The van der Waals surface area contributed by atoms with Gasteiger partial charge in [0.1, 0.15) is 6.10 Å². The highest BCUT2D eigenvalue weighted by molar-refractivity contribution is 7.85. The van der Waals surface area contributed by atoms with Crippen LogP contribution in [0.4, 0.5) is 0 Å². The molecule has 0 heterocycles. The number of carbonyl (C=O) groups excluding carboxylic acids is 1. The number of rotatable bonds is 13. The van der Waals surface area contributed by atoms with Gasteiger partial charge in [-0.1, -0.05) is 20.4 Å². The van der Waals surface area contributed by atoms with E-state index in [2.05, 4.69) is 20.4 Å². The van der Waals surface area contributed by atoms with Crippen molar-refractivity contribution in [1.82, 2.24) is 0 Å². The third-order valence-corrected chi connectivity index (χ3v) is 4.90. The Labute approximate surface area is 147 Å². The van der Waals surface area contributed by atoms with Gasteiger partial charge >= 0.3 is 5.97 Å². The fourth-order valence-electron chi connectivity index (χ4n) is 3.00. The zero-order chi connectivity index (χ0) is 18.8. The quantitative estimate of drug-likeness (QED) is 0.235. The third-order valence-electron chi connectivity index (χ3n) is 4.10. The summed E-state index contributed by atoms with van der Waals surface area (Å²) in [5.41, 5.74) is 0.387. The second-order valence-corrected chi connectivity index (χ2v) is 8.23. The number of nitrogens with zero attached hydrogens (tertiary/aromatic N) is 1. The Hall–Kier alpha value is -0.920. The normalized spacial score (nSPS) is 13.5. The Morgan fingerprint density at radius 3 is 2.12 bits per heavy atom. The van der Waals surface area contributed by atoms with Gasteiger partial charge in [-0.05, 0) is 26.7 Å². The van der Waals surface area contributed by atoms with Crippen LogP contribution in [0.25, 0.3) is 0 Å². The van der Waals surface area contributed by atoms with Crippen LogP contribution in [0.15, 0.2) is 12.2 Å². The highest BCUT2D eigenvalue weighted by Gasteiger charge is 2.27. The highest BCUT2D eigenvalue weighted by atomic mass is 32.2. The standard InChI is InChI=1S/C17H33NO5S/c1-6-10-18(11-7-2,12-8-14-24(20,21)22)13-9-16(5)23-17(19)15(3)4/h16H,3,6-14H2,1-2,4-5H3/p+1. The van der Waals surface area contributed by atoms with E-state index in [1.165, 1.54) is 0 Å². The molecule has 0 saturated heterocycles. The Balaban J connectivity index is 4.79. The van der Waals surface area contributed by atoms with E-state index in [1.54, 1.807) is 6.92 Å². The van der Waals surface area contributed by atoms with Gasteiger partial charge in [0.2, 0.25) is 0 Å². The van der Waals surface area contributed by atoms with Gasteiger partial charge in [-0.25, -0.2) is 4.79 Å². The Morgan fingerprint density at radius 1 is 1.17 bits per heavy atom. The molecule has 0 spiro atoms. The Bertz CT molecular complexity index is 495. The summed E-state index contributed by atoms with van der Waals surface area (Å²) in [5, 5.41) is 0. The number of esters is 1. The maximum Gasteiger partial charge on any atom is 0.333 e. The van der Waals surface area contributed by atoms with Gasteiger partial charge in [0.25, 0.3) is 10.1 Å². The lowest BCUT2D eigenvalue weighted by molar-refractivity contribution is -0.928. The Kier molecular flexibility index (Phi) is 10.4. The number of hydrogen-bond donors (Lipinski definition) is 1. The van der Waals surface area contributed by atoms with Crippen molar-refractivity contribution in [3.63, 3.8) is 0 Å². The van der Waals surface area contributed by atoms with Crippen molar-refractivity contribution >= 4 is 16.1 Å². The average molecular weight is 365 g/mol. The molecule has 0 aromatic heterocycles. The molecule has 1 atom stereocenters. The molecule has 142 valence electrons. The summed E-state index contributed by atoms with van der Waals surface area (Å²) in [4.78, 5) is 11.6. The molecule has 0 amide bonds. The smallest absolute Gasteiger partial charge is 0.333 e. The minimum Gasteiger partial charge on any atom is -0.459 e. The molecular weight excluding hydrogens is 330 g/mol. The van der Waals surface area contributed by atoms with Crippen LogP contribution in [0, 0.1) is 0 Å². The molecule has 0 aliphatic heterocycles. The van der Waals surface area contributed by atoms with Crippen molar-refractivity contribution in [2.24, 2.45) is 0 Å². The average Bonchev–Trinajstić information content (AvgIpc) is 2.44. The molecule has 0 rings (SSSR count). The molecule has 0 fully saturated rings. The summed E-state index contributed by atoms with van der Waals surface area (Å²) in [6, 6.07) is 0. The molecule has 0 aliphatic rings. The van der Waals surface area contributed by atoms with Crippen molar-refractivity contribution in [3.05, 3.63) is 12.2 Å². The maximum atomic E-state index is 11.6. The van der Waals surface area contributed by atoms with Crippen LogP contribution in [0.1, 0.15) is 53.4 Å². The summed E-state index contributed by atoms with van der Waals surface area (Å²) in [7, 11) is -3.92. The Morgan fingerprint density at radius 2 is 1.71 bits per heavy atom. The second-order valence-electron chi connectivity index (χ2n) is 6.66. The van der Waals surface area contributed by atoms with Crippen molar-refractivity contribution in [2.75, 3.05) is 31.9 Å². The van der Waals surface area contributed by atoms with Crippen molar-refractivity contribution in [3.8, 4) is 0 Å². The summed E-state index contributed by atoms with van der Waals surface area (Å²) in [5.74, 6) is -0.585. The molecular formula is C17H34NO5S+. The highest BCUT2D eigenvalue weighted by Crippen LogP contribution is 2.16. The van der Waals surface area contributed by atoms with Crippen molar-refractivity contribution in [1.29, 1.82) is 0 Å². The van der Waals surface area contributed by atoms with Crippen molar-refractivity contribution < 1.29 is 27.0 Å². The van der Waals surface area contributed by atoms with Crippen LogP contribution in [0.2, 0.25) is 0 Å². The zero-order valence-electron chi connectivity index (χ0n) is 15.6. The molecule has 0 aromatic carbocycles. The van der Waals surface area contributed by atoms with Gasteiger partial charge in [-0.2, -0.15) is 8.42 Å². The predicted octanol–water partition coefficient (Wildman–Crippen LogP) is 2.80. The van der Waals surface area contributed by atoms with Crippen LogP contribution in [-0.4, -0.2) is 61.5 Å². The maximum absolute atomic E-state index is 11.6. The zero-order valence-corrected chi connectivity index (χ0v) is 16.4. The molecule has 0 saturated carbocycles. The van der Waals surface area contributed by atoms with E-state index < -0.39 is 10.1 Å². The van der Waals surface area contributed by atoms with Gasteiger partial charge in [-0.15, -0.1) is 0 Å². The van der Waals surface area contributed by atoms with Crippen LogP contribution >= 0.6 is 0 Å². The largest absolute Gasteiger partial charge is 0.459 e. The summed E-state index contributed by atoms with van der Waals surface area (Å²) in [6.07, 6.45) is 2.92. The number of quaternary nitrogens is 1. The molecule has 1 N–H and O–H groups in total. The van der Waals surface area contributed by atoms with Crippen LogP contribution < -0.4 is 0 Å². The topological polar surface area (TPSA) is 80.7 Å². The number of carbonyl (C=O) groups is 1. The monoisotopic (exact) mass is 364 g/mol. The van der Waals surface area contributed by atoms with E-state index in [-0.39, 0.29) is 17.8 Å². The van der Waals surface area contributed by atoms with Crippen LogP contribution in [0.5, 0.6) is 0 Å². The van der Waals surface area contributed by atoms with E-state index in [0.29, 0.717) is 25.0 Å². The van der Waals surface area contributed by atoms with Gasteiger partial charge in [-0.3, -0.25) is 4.55 Å². The molecule has 0 aliphatic carbocycles. The third kappa shape index (κ3) is 10.1. The van der Waals surface area contributed by atoms with E-state index in [1.807, 2.05) is 6.92 Å². The SMILES string of the molecule is C=C(C)C(=O)OC(C)CC[N+](CCC)(CCC)CCCS(=O)(=O)O. The fraction of sp³-hybridized carbons (Fsp3) is 0.824. The van der Waals surface area contributed by atoms with Crippen LogP contribution in [0.3, 0.4) is 0 Å². The molecule has 6 nitrogen and oxygen atoms in total. The lowest BCUT2D eigenvalue weighted by Gasteiger charge is -2.39. The second kappa shape index (κ2) is 10.8. The predicted molar refractivity (Wildman–Crippen MR) is 96.3 cm³/mol. The first-order chi connectivity index (χ1) is 11.0. The van der Waals surface area contributed by atoms with Gasteiger partial charge < -0.3 is 9.22 Å². The summed E-state index contributed by atoms with van der Waals surface area (Å²) in [6.45, 7) is 14.7. The lowest BCUT2D eigenvalue weighted by Crippen LogP contribution is -2.51. The number of hydrogen-bond acceptors (Lipinski definition) is 4. The molecule has 1 unspecified atom stereocenters. The lowest BCUT2D eigenvalue weighted by atomic mass is 10.1. The van der Waals surface area contributed by atoms with E-state index in [4.69, 9.17) is 9.29 Å². The van der Waals surface area contributed by atoms with Crippen molar-refractivity contribution in [2.45, 2.75) is 59.5 Å². The minimum atomic E-state index is -3.92. The summed E-state index contributed by atoms with van der Waals surface area (Å²) < 4.78 is 37.0. The molecule has 24 heavy (non-hydrogen) atoms.